The molecule has 1 amide bonds. The average Bonchev–Trinajstić information content (AvgIpc) is 2.63. The summed E-state index contributed by atoms with van der Waals surface area (Å²) in [5, 5.41) is 3.36. The van der Waals surface area contributed by atoms with Gasteiger partial charge >= 0.3 is 0 Å². The smallest absolute Gasteiger partial charge is 0.259 e. The van der Waals surface area contributed by atoms with E-state index < -0.39 is 0 Å². The van der Waals surface area contributed by atoms with Gasteiger partial charge in [0.25, 0.3) is 5.91 Å². The molecule has 24 heavy (non-hydrogen) atoms. The standard InChI is InChI=1S/C18H19ClN2O3/c1-23-17-7-2-13(19)12-16(17)18(22)20-14-3-5-15(6-4-14)21-8-10-24-11-9-21/h2-7,12H,8-11H2,1H3,(H,20,22). The summed E-state index contributed by atoms with van der Waals surface area (Å²) in [5.74, 6) is 0.232. The van der Waals surface area contributed by atoms with Gasteiger partial charge in [-0.05, 0) is 42.5 Å². The van der Waals surface area contributed by atoms with Crippen LogP contribution in [0.15, 0.2) is 42.5 Å². The van der Waals surface area contributed by atoms with Crippen molar-refractivity contribution in [3.63, 3.8) is 0 Å². The minimum Gasteiger partial charge on any atom is -0.496 e. The third-order valence-electron chi connectivity index (χ3n) is 3.91. The summed E-state index contributed by atoms with van der Waals surface area (Å²) in [6.07, 6.45) is 0. The van der Waals surface area contributed by atoms with E-state index in [1.54, 1.807) is 18.2 Å². The van der Waals surface area contributed by atoms with Gasteiger partial charge in [0.1, 0.15) is 5.75 Å². The molecule has 0 atom stereocenters. The number of methoxy groups -OCH3 is 1. The number of carbonyl (C=O) groups excluding carboxylic acids is 1. The number of carbonyl (C=O) groups is 1. The van der Waals surface area contributed by atoms with Crippen molar-refractivity contribution in [3.05, 3.63) is 53.1 Å². The molecule has 3 rings (SSSR count). The monoisotopic (exact) mass is 346 g/mol. The molecule has 1 aliphatic rings. The van der Waals surface area contributed by atoms with E-state index in [2.05, 4.69) is 10.2 Å². The van der Waals surface area contributed by atoms with E-state index in [1.807, 2.05) is 24.3 Å². The summed E-state index contributed by atoms with van der Waals surface area (Å²) in [6.45, 7) is 3.25. The van der Waals surface area contributed by atoms with Crippen LogP contribution in [0.5, 0.6) is 5.75 Å². The number of rotatable bonds is 4. The molecule has 1 N–H and O–H groups in total. The molecule has 5 nitrogen and oxygen atoms in total. The second-order valence-electron chi connectivity index (χ2n) is 5.45. The Hall–Kier alpha value is -2.24. The van der Waals surface area contributed by atoms with Gasteiger partial charge in [-0.2, -0.15) is 0 Å². The summed E-state index contributed by atoms with van der Waals surface area (Å²) in [7, 11) is 1.52. The van der Waals surface area contributed by atoms with E-state index in [9.17, 15) is 4.79 Å². The molecule has 0 aromatic heterocycles. The zero-order chi connectivity index (χ0) is 16.9. The highest BCUT2D eigenvalue weighted by atomic mass is 35.5. The lowest BCUT2D eigenvalue weighted by atomic mass is 10.1. The second kappa shape index (κ2) is 7.55. The maximum atomic E-state index is 12.5. The van der Waals surface area contributed by atoms with Crippen molar-refractivity contribution in [2.24, 2.45) is 0 Å². The lowest BCUT2D eigenvalue weighted by Gasteiger charge is -2.28. The fraction of sp³-hybridized carbons (Fsp3) is 0.278. The Morgan fingerprint density at radius 2 is 1.88 bits per heavy atom. The van der Waals surface area contributed by atoms with Gasteiger partial charge in [0, 0.05) is 29.5 Å². The van der Waals surface area contributed by atoms with Crippen molar-refractivity contribution < 1.29 is 14.3 Å². The lowest BCUT2D eigenvalue weighted by Crippen LogP contribution is -2.36. The molecular weight excluding hydrogens is 328 g/mol. The first kappa shape index (κ1) is 16.6. The normalized spacial score (nSPS) is 14.3. The van der Waals surface area contributed by atoms with E-state index in [1.165, 1.54) is 7.11 Å². The first-order valence-electron chi connectivity index (χ1n) is 7.75. The molecule has 0 aliphatic carbocycles. The van der Waals surface area contributed by atoms with Crippen molar-refractivity contribution in [2.45, 2.75) is 0 Å². The van der Waals surface area contributed by atoms with Gasteiger partial charge in [0.05, 0.1) is 25.9 Å². The molecule has 1 saturated heterocycles. The van der Waals surface area contributed by atoms with Gasteiger partial charge in [-0.3, -0.25) is 4.79 Å². The van der Waals surface area contributed by atoms with Crippen LogP contribution in [0.4, 0.5) is 11.4 Å². The predicted octanol–water partition coefficient (Wildman–Crippen LogP) is 3.44. The maximum Gasteiger partial charge on any atom is 0.259 e. The van der Waals surface area contributed by atoms with Crippen molar-refractivity contribution in [2.75, 3.05) is 43.6 Å². The number of morpholine rings is 1. The Labute approximate surface area is 146 Å². The number of halogens is 1. The molecule has 0 radical (unpaired) electrons. The van der Waals surface area contributed by atoms with Gasteiger partial charge in [-0.1, -0.05) is 11.6 Å². The zero-order valence-corrected chi connectivity index (χ0v) is 14.2. The third kappa shape index (κ3) is 3.80. The number of anilines is 2. The molecule has 2 aromatic rings. The largest absolute Gasteiger partial charge is 0.496 e. The summed E-state index contributed by atoms with van der Waals surface area (Å²) in [6, 6.07) is 12.7. The second-order valence-corrected chi connectivity index (χ2v) is 5.88. The Morgan fingerprint density at radius 1 is 1.17 bits per heavy atom. The Kier molecular flexibility index (Phi) is 5.23. The SMILES string of the molecule is COc1ccc(Cl)cc1C(=O)Nc1ccc(N2CCOCC2)cc1. The van der Waals surface area contributed by atoms with Crippen LogP contribution in [0, 0.1) is 0 Å². The van der Waals surface area contributed by atoms with Crippen molar-refractivity contribution in [3.8, 4) is 5.75 Å². The van der Waals surface area contributed by atoms with Gasteiger partial charge in [-0.15, -0.1) is 0 Å². The van der Waals surface area contributed by atoms with E-state index >= 15 is 0 Å². The predicted molar refractivity (Wildman–Crippen MR) is 95.4 cm³/mol. The van der Waals surface area contributed by atoms with Crippen LogP contribution in [0.3, 0.4) is 0 Å². The molecule has 0 unspecified atom stereocenters. The van der Waals surface area contributed by atoms with E-state index in [0.717, 1.165) is 37.7 Å². The Balaban J connectivity index is 1.71. The molecule has 1 aliphatic heterocycles. The van der Waals surface area contributed by atoms with Crippen molar-refractivity contribution in [1.29, 1.82) is 0 Å². The highest BCUT2D eigenvalue weighted by Gasteiger charge is 2.14. The van der Waals surface area contributed by atoms with Crippen molar-refractivity contribution in [1.82, 2.24) is 0 Å². The van der Waals surface area contributed by atoms with Crippen molar-refractivity contribution >= 4 is 28.9 Å². The fourth-order valence-electron chi connectivity index (χ4n) is 2.63. The highest BCUT2D eigenvalue weighted by Crippen LogP contribution is 2.24. The fourth-order valence-corrected chi connectivity index (χ4v) is 2.81. The minimum absolute atomic E-state index is 0.256. The van der Waals surface area contributed by atoms with Crippen LogP contribution in [0.25, 0.3) is 0 Å². The summed E-state index contributed by atoms with van der Waals surface area (Å²) in [5.41, 5.74) is 2.25. The van der Waals surface area contributed by atoms with E-state index in [-0.39, 0.29) is 5.91 Å². The average molecular weight is 347 g/mol. The number of amides is 1. The summed E-state index contributed by atoms with van der Waals surface area (Å²) < 4.78 is 10.6. The molecular formula is C18H19ClN2O3. The molecule has 1 heterocycles. The molecule has 6 heteroatoms. The first-order valence-corrected chi connectivity index (χ1v) is 8.13. The van der Waals surface area contributed by atoms with Crippen LogP contribution >= 0.6 is 11.6 Å². The molecule has 1 fully saturated rings. The maximum absolute atomic E-state index is 12.5. The molecule has 0 spiro atoms. The van der Waals surface area contributed by atoms with Crippen LogP contribution < -0.4 is 15.0 Å². The molecule has 0 saturated carbocycles. The van der Waals surface area contributed by atoms with E-state index in [0.29, 0.717) is 16.3 Å². The number of ether oxygens (including phenoxy) is 2. The number of hydrogen-bond acceptors (Lipinski definition) is 4. The number of benzene rings is 2. The summed E-state index contributed by atoms with van der Waals surface area (Å²) >= 11 is 5.98. The third-order valence-corrected chi connectivity index (χ3v) is 4.14. The van der Waals surface area contributed by atoms with Gasteiger partial charge in [-0.25, -0.2) is 0 Å². The topological polar surface area (TPSA) is 50.8 Å². The highest BCUT2D eigenvalue weighted by molar-refractivity contribution is 6.31. The molecule has 0 bridgehead atoms. The van der Waals surface area contributed by atoms with Crippen LogP contribution in [0.2, 0.25) is 5.02 Å². The van der Waals surface area contributed by atoms with Crippen LogP contribution in [-0.2, 0) is 4.74 Å². The van der Waals surface area contributed by atoms with Gasteiger partial charge in [0.15, 0.2) is 0 Å². The number of nitrogens with zero attached hydrogens (tertiary/aromatic N) is 1. The zero-order valence-electron chi connectivity index (χ0n) is 13.4. The van der Waals surface area contributed by atoms with Crippen LogP contribution in [-0.4, -0.2) is 39.3 Å². The van der Waals surface area contributed by atoms with E-state index in [4.69, 9.17) is 21.1 Å². The number of hydrogen-bond donors (Lipinski definition) is 1. The first-order chi connectivity index (χ1) is 11.7. The number of nitrogens with one attached hydrogen (secondary N) is 1. The summed E-state index contributed by atoms with van der Waals surface area (Å²) in [4.78, 5) is 14.7. The van der Waals surface area contributed by atoms with Gasteiger partial charge in [0.2, 0.25) is 0 Å². The van der Waals surface area contributed by atoms with Gasteiger partial charge < -0.3 is 19.7 Å². The Morgan fingerprint density at radius 3 is 2.54 bits per heavy atom. The van der Waals surface area contributed by atoms with Crippen LogP contribution in [0.1, 0.15) is 10.4 Å². The minimum atomic E-state index is -0.256. The molecule has 126 valence electrons. The molecule has 2 aromatic carbocycles. The Bertz CT molecular complexity index is 713. The lowest BCUT2D eigenvalue weighted by molar-refractivity contribution is 0.102. The quantitative estimate of drug-likeness (QED) is 0.921.